The molecule has 1 heterocycles. The lowest BCUT2D eigenvalue weighted by Crippen LogP contribution is -2.36. The van der Waals surface area contributed by atoms with Gasteiger partial charge in [-0.05, 0) is 79.3 Å². The molecule has 0 aromatic carbocycles. The molecular weight excluding hydrogens is 430 g/mol. The average molecular weight is 472 g/mol. The summed E-state index contributed by atoms with van der Waals surface area (Å²) in [5.74, 6) is 2.01. The van der Waals surface area contributed by atoms with Crippen molar-refractivity contribution < 1.29 is 15.3 Å². The maximum Gasteiger partial charge on any atom is 0.121 e. The Morgan fingerprint density at radius 1 is 1.27 bits per heavy atom. The van der Waals surface area contributed by atoms with E-state index in [1.807, 2.05) is 5.38 Å². The van der Waals surface area contributed by atoms with Crippen molar-refractivity contribution in [1.82, 2.24) is 4.98 Å². The zero-order valence-corrected chi connectivity index (χ0v) is 21.1. The molecule has 7 atom stereocenters. The van der Waals surface area contributed by atoms with E-state index in [-0.39, 0.29) is 0 Å². The molecule has 182 valence electrons. The first-order chi connectivity index (χ1) is 15.8. The van der Waals surface area contributed by atoms with Crippen molar-refractivity contribution in [2.24, 2.45) is 23.2 Å². The normalized spacial score (nSPS) is 36.8. The second-order valence-corrected chi connectivity index (χ2v) is 11.9. The number of aromatic nitrogens is 1. The number of thiazole rings is 1. The molecule has 3 saturated carbocycles. The van der Waals surface area contributed by atoms with Crippen molar-refractivity contribution in [3.8, 4) is 0 Å². The van der Waals surface area contributed by atoms with Crippen LogP contribution in [0.2, 0.25) is 0 Å². The summed E-state index contributed by atoms with van der Waals surface area (Å²) in [6.45, 7) is 9.00. The van der Waals surface area contributed by atoms with E-state index in [1.54, 1.807) is 11.8 Å². The summed E-state index contributed by atoms with van der Waals surface area (Å²) in [6, 6.07) is 0. The van der Waals surface area contributed by atoms with Gasteiger partial charge in [0.1, 0.15) is 11.1 Å². The van der Waals surface area contributed by atoms with Crippen LogP contribution in [-0.2, 0) is 0 Å². The van der Waals surface area contributed by atoms with Gasteiger partial charge in [-0.15, -0.1) is 11.3 Å². The van der Waals surface area contributed by atoms with Crippen LogP contribution in [0.15, 0.2) is 47.0 Å². The van der Waals surface area contributed by atoms with Gasteiger partial charge in [-0.1, -0.05) is 51.0 Å². The fourth-order valence-corrected chi connectivity index (χ4v) is 7.69. The van der Waals surface area contributed by atoms with Crippen LogP contribution in [0.4, 0.5) is 0 Å². The maximum atomic E-state index is 10.4. The summed E-state index contributed by atoms with van der Waals surface area (Å²) in [5.41, 5.74) is 3.67. The van der Waals surface area contributed by atoms with Crippen LogP contribution in [0.5, 0.6) is 0 Å². The molecular formula is C28H41NO3S. The highest BCUT2D eigenvalue weighted by atomic mass is 32.1. The molecule has 0 saturated heterocycles. The molecule has 3 N–H and O–H groups in total. The molecule has 0 bridgehead atoms. The summed E-state index contributed by atoms with van der Waals surface area (Å²) < 4.78 is 0. The van der Waals surface area contributed by atoms with Crippen LogP contribution in [-0.4, -0.2) is 32.5 Å². The summed E-state index contributed by atoms with van der Waals surface area (Å²) in [4.78, 5) is 4.25. The number of hydrogen-bond acceptors (Lipinski definition) is 5. The Morgan fingerprint density at radius 3 is 2.85 bits per heavy atom. The molecule has 0 aliphatic heterocycles. The molecule has 1 aromatic heterocycles. The van der Waals surface area contributed by atoms with E-state index >= 15 is 0 Å². The van der Waals surface area contributed by atoms with E-state index in [2.05, 4.69) is 37.6 Å². The van der Waals surface area contributed by atoms with E-state index in [4.69, 9.17) is 0 Å². The fraction of sp³-hybridized carbons (Fsp3) is 0.679. The van der Waals surface area contributed by atoms with Gasteiger partial charge in [-0.3, -0.25) is 0 Å². The first-order valence-corrected chi connectivity index (χ1v) is 13.7. The predicted molar refractivity (Wildman–Crippen MR) is 135 cm³/mol. The second-order valence-electron chi connectivity index (χ2n) is 11.0. The molecule has 0 spiro atoms. The molecule has 3 fully saturated rings. The molecule has 4 nitrogen and oxygen atoms in total. The van der Waals surface area contributed by atoms with Gasteiger partial charge in [0.2, 0.25) is 0 Å². The lowest BCUT2D eigenvalue weighted by Gasteiger charge is -2.44. The summed E-state index contributed by atoms with van der Waals surface area (Å²) in [5, 5.41) is 33.4. The Bertz CT molecular complexity index is 876. The zero-order chi connectivity index (χ0) is 23.6. The minimum Gasteiger partial charge on any atom is -0.393 e. The number of aliphatic hydroxyl groups is 3. The van der Waals surface area contributed by atoms with Gasteiger partial charge in [0, 0.05) is 18.0 Å². The molecule has 0 radical (unpaired) electrons. The average Bonchev–Trinajstić information content (AvgIpc) is 3.43. The topological polar surface area (TPSA) is 73.6 Å². The van der Waals surface area contributed by atoms with Gasteiger partial charge in [0.05, 0.1) is 12.2 Å². The standard InChI is InChI=1S/C28H41NO3S/c1-18(6-4-8-25(31)27-29-14-15-33-27)23-11-12-24-20(7-5-13-28(23,24)3)9-10-21-16-22(30)17-26(32)19(21)2/h9-10,14-15,18,22-26,30-32H,2,4-8,11-13,16-17H2,1,3H3/b20-9+,21-10-/t18-,22-,23-,24+,25?,26+,28-/m1/s1. The van der Waals surface area contributed by atoms with Crippen molar-refractivity contribution >= 4 is 11.3 Å². The third-order valence-electron chi connectivity index (χ3n) is 8.86. The van der Waals surface area contributed by atoms with E-state index in [1.165, 1.54) is 37.0 Å². The maximum absolute atomic E-state index is 10.4. The van der Waals surface area contributed by atoms with Crippen molar-refractivity contribution in [3.05, 3.63) is 52.0 Å². The van der Waals surface area contributed by atoms with Gasteiger partial charge >= 0.3 is 0 Å². The van der Waals surface area contributed by atoms with Crippen molar-refractivity contribution in [2.75, 3.05) is 0 Å². The summed E-state index contributed by atoms with van der Waals surface area (Å²) in [7, 11) is 0. The van der Waals surface area contributed by atoms with Crippen LogP contribution < -0.4 is 0 Å². The lowest BCUT2D eigenvalue weighted by molar-refractivity contribution is 0.0860. The largest absolute Gasteiger partial charge is 0.393 e. The summed E-state index contributed by atoms with van der Waals surface area (Å²) >= 11 is 1.54. The third-order valence-corrected chi connectivity index (χ3v) is 9.74. The van der Waals surface area contributed by atoms with Crippen molar-refractivity contribution in [1.29, 1.82) is 0 Å². The van der Waals surface area contributed by atoms with Gasteiger partial charge in [-0.25, -0.2) is 4.98 Å². The highest BCUT2D eigenvalue weighted by Gasteiger charge is 2.50. The van der Waals surface area contributed by atoms with E-state index in [0.29, 0.717) is 30.1 Å². The Balaban J connectivity index is 1.39. The van der Waals surface area contributed by atoms with Crippen LogP contribution in [0.3, 0.4) is 0 Å². The molecule has 1 aromatic rings. The number of nitrogens with zero attached hydrogens (tertiary/aromatic N) is 1. The Hall–Kier alpha value is -1.27. The fourth-order valence-electron chi connectivity index (χ4n) is 7.04. The summed E-state index contributed by atoms with van der Waals surface area (Å²) in [6.07, 6.45) is 14.9. The molecule has 4 rings (SSSR count). The first-order valence-electron chi connectivity index (χ1n) is 12.8. The SMILES string of the molecule is C=C1/C(=C\C=C2/CCC[C@]3(C)[C@@H]([C@H](C)CCCC(O)c4nccs4)CC[C@@H]23)C[C@@H](O)C[C@@H]1O. The van der Waals surface area contributed by atoms with E-state index in [9.17, 15) is 15.3 Å². The number of allylic oxidation sites excluding steroid dienone is 3. The quantitative estimate of drug-likeness (QED) is 0.448. The highest BCUT2D eigenvalue weighted by Crippen LogP contribution is 2.60. The van der Waals surface area contributed by atoms with Crippen LogP contribution in [0.25, 0.3) is 0 Å². The van der Waals surface area contributed by atoms with Gasteiger partial charge in [-0.2, -0.15) is 0 Å². The molecule has 3 aliphatic carbocycles. The van der Waals surface area contributed by atoms with Crippen LogP contribution in [0, 0.1) is 23.2 Å². The van der Waals surface area contributed by atoms with Gasteiger partial charge in [0.15, 0.2) is 0 Å². The first kappa shape index (κ1) is 24.8. The number of aliphatic hydroxyl groups excluding tert-OH is 3. The van der Waals surface area contributed by atoms with E-state index < -0.39 is 18.3 Å². The lowest BCUT2D eigenvalue weighted by atomic mass is 9.60. The zero-order valence-electron chi connectivity index (χ0n) is 20.2. The number of rotatable bonds is 7. The smallest absolute Gasteiger partial charge is 0.121 e. The number of hydrogen-bond donors (Lipinski definition) is 3. The van der Waals surface area contributed by atoms with Crippen LogP contribution >= 0.6 is 11.3 Å². The van der Waals surface area contributed by atoms with Gasteiger partial charge < -0.3 is 15.3 Å². The third kappa shape index (κ3) is 5.37. The minimum atomic E-state index is -0.624. The second kappa shape index (κ2) is 10.6. The van der Waals surface area contributed by atoms with E-state index in [0.717, 1.165) is 47.8 Å². The van der Waals surface area contributed by atoms with Crippen molar-refractivity contribution in [3.63, 3.8) is 0 Å². The Morgan fingerprint density at radius 2 is 2.09 bits per heavy atom. The number of fused-ring (bicyclic) bond motifs is 1. The van der Waals surface area contributed by atoms with Gasteiger partial charge in [0.25, 0.3) is 0 Å². The van der Waals surface area contributed by atoms with Crippen molar-refractivity contribution in [2.45, 2.75) is 96.4 Å². The Labute approximate surface area is 203 Å². The Kier molecular flexibility index (Phi) is 7.95. The predicted octanol–water partition coefficient (Wildman–Crippen LogP) is 6.12. The molecule has 5 heteroatoms. The highest BCUT2D eigenvalue weighted by molar-refractivity contribution is 7.09. The minimum absolute atomic E-state index is 0.346. The molecule has 33 heavy (non-hydrogen) atoms. The molecule has 1 unspecified atom stereocenters. The molecule has 0 amide bonds. The monoisotopic (exact) mass is 471 g/mol. The molecule has 3 aliphatic rings. The van der Waals surface area contributed by atoms with Crippen LogP contribution in [0.1, 0.15) is 89.2 Å².